The molecule has 1 aliphatic rings. The van der Waals surface area contributed by atoms with Gasteiger partial charge in [-0.15, -0.1) is 0 Å². The van der Waals surface area contributed by atoms with E-state index in [0.29, 0.717) is 18.4 Å². The topological polar surface area (TPSA) is 385 Å². The number of thiol groups is 1. The summed E-state index contributed by atoms with van der Waals surface area (Å²) in [4.78, 5) is 131. The zero-order valence-electron chi connectivity index (χ0n) is 35.3. The second-order valence-corrected chi connectivity index (χ2v) is 15.6. The lowest BCUT2D eigenvalue weighted by atomic mass is 9.96. The van der Waals surface area contributed by atoms with Crippen molar-refractivity contribution in [3.05, 3.63) is 35.9 Å². The Morgan fingerprint density at radius 2 is 1.35 bits per heavy atom. The van der Waals surface area contributed by atoms with Crippen molar-refractivity contribution in [3.8, 4) is 0 Å². The molecule has 0 bridgehead atoms. The number of likely N-dealkylation sites (tertiary alicyclic amines) is 1. The normalized spacial score (nSPS) is 17.8. The number of carboxylic acid groups (broad SMARTS) is 1. The van der Waals surface area contributed by atoms with E-state index in [1.807, 2.05) is 0 Å². The largest absolute Gasteiger partial charge is 0.480 e. The molecule has 1 aliphatic heterocycles. The summed E-state index contributed by atoms with van der Waals surface area (Å²) in [5.74, 6) is -10.6. The van der Waals surface area contributed by atoms with Gasteiger partial charge in [0.05, 0.1) is 19.1 Å². The number of aliphatic hydroxyl groups excluding tert-OH is 2. The first kappa shape index (κ1) is 53.3. The van der Waals surface area contributed by atoms with E-state index in [4.69, 9.17) is 17.2 Å². The van der Waals surface area contributed by atoms with Gasteiger partial charge in [-0.25, -0.2) is 4.79 Å². The van der Waals surface area contributed by atoms with Crippen molar-refractivity contribution in [2.45, 2.75) is 120 Å². The average Bonchev–Trinajstić information content (AvgIpc) is 3.73. The van der Waals surface area contributed by atoms with Crippen molar-refractivity contribution < 1.29 is 63.3 Å². The number of rotatable bonds is 26. The molecular formula is C39H60N10O13S. The fourth-order valence-corrected chi connectivity index (χ4v) is 6.73. The number of primary amides is 2. The molecule has 63 heavy (non-hydrogen) atoms. The Balaban J connectivity index is 2.41. The van der Waals surface area contributed by atoms with Crippen LogP contribution >= 0.6 is 12.6 Å². The number of benzene rings is 1. The first-order valence-corrected chi connectivity index (χ1v) is 20.9. The van der Waals surface area contributed by atoms with E-state index in [9.17, 15) is 63.3 Å². The highest BCUT2D eigenvalue weighted by molar-refractivity contribution is 7.80. The summed E-state index contributed by atoms with van der Waals surface area (Å²) < 4.78 is 0. The zero-order chi connectivity index (χ0) is 47.6. The van der Waals surface area contributed by atoms with Crippen LogP contribution in [0.2, 0.25) is 0 Å². The predicted octanol–water partition coefficient (Wildman–Crippen LogP) is -4.97. The highest BCUT2D eigenvalue weighted by Gasteiger charge is 2.41. The molecule has 2 rings (SSSR count). The molecule has 10 atom stereocenters. The Morgan fingerprint density at radius 3 is 1.89 bits per heavy atom. The Morgan fingerprint density at radius 1 is 0.778 bits per heavy atom. The van der Waals surface area contributed by atoms with Gasteiger partial charge in [0.1, 0.15) is 42.3 Å². The third-order valence-electron chi connectivity index (χ3n) is 10.3. The molecule has 350 valence electrons. The number of hydrogen-bond acceptors (Lipinski definition) is 14. The minimum atomic E-state index is -1.71. The number of carboxylic acids is 1. The number of nitrogens with one attached hydrogen (secondary N) is 6. The number of carbonyl (C=O) groups is 10. The van der Waals surface area contributed by atoms with Gasteiger partial charge in [0.25, 0.3) is 0 Å². The van der Waals surface area contributed by atoms with Gasteiger partial charge in [-0.3, -0.25) is 43.2 Å². The van der Waals surface area contributed by atoms with E-state index in [1.54, 1.807) is 44.2 Å². The van der Waals surface area contributed by atoms with Crippen LogP contribution < -0.4 is 49.1 Å². The molecular weight excluding hydrogens is 849 g/mol. The predicted molar refractivity (Wildman–Crippen MR) is 226 cm³/mol. The van der Waals surface area contributed by atoms with Crippen LogP contribution in [0.4, 0.5) is 0 Å². The van der Waals surface area contributed by atoms with E-state index in [-0.39, 0.29) is 38.0 Å². The molecule has 0 aromatic heterocycles. The Kier molecular flexibility index (Phi) is 21.9. The molecule has 24 heteroatoms. The number of nitrogens with two attached hydrogens (primary N) is 3. The standard InChI is InChI=1S/C39H60N10O13S/c1-4-19(2)30(37(59)48-31(20(3)51)39(61)62)47-33(55)23(12-13-28(41)52)43-36(58)27-11-8-14-49(27)38(60)25(15-21-9-6-5-7-10-21)45-34(56)24(16-29(42)53)44-35(57)26(18-63)46-32(54)22(40)17-50/h5-7,9-10,19-20,22-27,30-31,50-51,63H,4,8,11-18,40H2,1-3H3,(H2,41,52)(H2,42,53)(H,43,58)(H,44,57)(H,45,56)(H,46,54)(H,47,55)(H,48,59)(H,61,62)/t19-,20+,22-,23-,24-,25-,26-,27-,30-,31-/m0/s1. The van der Waals surface area contributed by atoms with Crippen LogP contribution in [0.1, 0.15) is 64.9 Å². The van der Waals surface area contributed by atoms with Gasteiger partial charge in [-0.2, -0.15) is 12.6 Å². The summed E-state index contributed by atoms with van der Waals surface area (Å²) in [6.07, 6.45) is -2.37. The average molecular weight is 909 g/mol. The molecule has 1 fully saturated rings. The van der Waals surface area contributed by atoms with Crippen molar-refractivity contribution >= 4 is 71.8 Å². The number of carbonyl (C=O) groups excluding carboxylic acids is 9. The second kappa shape index (κ2) is 25.9. The lowest BCUT2D eigenvalue weighted by molar-refractivity contribution is -0.145. The zero-order valence-corrected chi connectivity index (χ0v) is 36.2. The summed E-state index contributed by atoms with van der Waals surface area (Å²) in [6, 6.07) is -3.19. The van der Waals surface area contributed by atoms with Crippen molar-refractivity contribution in [2.24, 2.45) is 23.1 Å². The van der Waals surface area contributed by atoms with Crippen LogP contribution in [0.15, 0.2) is 30.3 Å². The van der Waals surface area contributed by atoms with Crippen molar-refractivity contribution in [1.82, 2.24) is 36.8 Å². The lowest BCUT2D eigenvalue weighted by Crippen LogP contribution is -2.61. The highest BCUT2D eigenvalue weighted by atomic mass is 32.1. The molecule has 0 saturated carbocycles. The second-order valence-electron chi connectivity index (χ2n) is 15.2. The number of nitrogens with zero attached hydrogens (tertiary/aromatic N) is 1. The summed E-state index contributed by atoms with van der Waals surface area (Å²) in [5.41, 5.74) is 16.8. The monoisotopic (exact) mass is 908 g/mol. The smallest absolute Gasteiger partial charge is 0.328 e. The van der Waals surface area contributed by atoms with Crippen molar-refractivity contribution in [1.29, 1.82) is 0 Å². The summed E-state index contributed by atoms with van der Waals surface area (Å²) in [6.45, 7) is 3.75. The summed E-state index contributed by atoms with van der Waals surface area (Å²) >= 11 is 4.06. The van der Waals surface area contributed by atoms with Crippen molar-refractivity contribution in [3.63, 3.8) is 0 Å². The van der Waals surface area contributed by atoms with Gasteiger partial charge >= 0.3 is 5.97 Å². The summed E-state index contributed by atoms with van der Waals surface area (Å²) in [5, 5.41) is 43.0. The first-order valence-electron chi connectivity index (χ1n) is 20.3. The van der Waals surface area contributed by atoms with Gasteiger partial charge in [0.15, 0.2) is 6.04 Å². The van der Waals surface area contributed by atoms with Crippen LogP contribution in [0.5, 0.6) is 0 Å². The molecule has 0 unspecified atom stereocenters. The van der Waals surface area contributed by atoms with E-state index < -0.39 is 133 Å². The number of aliphatic hydroxyl groups is 2. The fraction of sp³-hybridized carbons (Fsp3) is 0.590. The van der Waals surface area contributed by atoms with Crippen LogP contribution in [0.3, 0.4) is 0 Å². The van der Waals surface area contributed by atoms with Crippen molar-refractivity contribution in [2.75, 3.05) is 18.9 Å². The number of aliphatic carboxylic acids is 1. The third kappa shape index (κ3) is 16.7. The van der Waals surface area contributed by atoms with Gasteiger partial charge in [-0.1, -0.05) is 50.6 Å². The van der Waals surface area contributed by atoms with E-state index in [2.05, 4.69) is 44.5 Å². The van der Waals surface area contributed by atoms with E-state index in [1.165, 1.54) is 4.90 Å². The van der Waals surface area contributed by atoms with E-state index >= 15 is 0 Å². The van der Waals surface area contributed by atoms with Crippen LogP contribution in [-0.2, 0) is 54.4 Å². The SMILES string of the molecule is CC[C@H](C)[C@H](NC(=O)[C@H](CCC(N)=O)NC(=O)[C@@H]1CCCN1C(=O)[C@H](Cc1ccccc1)NC(=O)[C@H](CC(N)=O)NC(=O)[C@H](CS)NC(=O)[C@@H](N)CO)C(=O)N[C@H](C(=O)O)[C@@H](C)O. The molecule has 1 aromatic carbocycles. The third-order valence-corrected chi connectivity index (χ3v) is 10.6. The number of hydrogen-bond donors (Lipinski definition) is 13. The Hall–Kier alpha value is -5.85. The van der Waals surface area contributed by atoms with Crippen LogP contribution in [0.25, 0.3) is 0 Å². The Labute approximate surface area is 369 Å². The highest BCUT2D eigenvalue weighted by Crippen LogP contribution is 2.21. The van der Waals surface area contributed by atoms with Crippen LogP contribution in [-0.4, -0.2) is 153 Å². The van der Waals surface area contributed by atoms with Gasteiger partial charge in [0, 0.05) is 25.1 Å². The summed E-state index contributed by atoms with van der Waals surface area (Å²) in [7, 11) is 0. The fourth-order valence-electron chi connectivity index (χ4n) is 6.47. The molecule has 1 aromatic rings. The minimum Gasteiger partial charge on any atom is -0.480 e. The maximum Gasteiger partial charge on any atom is 0.328 e. The van der Waals surface area contributed by atoms with Gasteiger partial charge in [0.2, 0.25) is 53.2 Å². The van der Waals surface area contributed by atoms with Gasteiger partial charge in [-0.05, 0) is 37.7 Å². The molecule has 0 spiro atoms. The molecule has 0 radical (unpaired) electrons. The molecule has 1 saturated heterocycles. The maximum atomic E-state index is 14.4. The molecule has 15 N–H and O–H groups in total. The van der Waals surface area contributed by atoms with Gasteiger partial charge < -0.3 is 69.3 Å². The number of amides is 9. The maximum absolute atomic E-state index is 14.4. The Bertz CT molecular complexity index is 1810. The minimum absolute atomic E-state index is 0.0151. The van der Waals surface area contributed by atoms with Crippen LogP contribution in [0, 0.1) is 5.92 Å². The lowest BCUT2D eigenvalue weighted by Gasteiger charge is -2.31. The molecule has 1 heterocycles. The molecule has 0 aliphatic carbocycles. The first-order chi connectivity index (χ1) is 29.6. The quantitative estimate of drug-likeness (QED) is 0.0388. The van der Waals surface area contributed by atoms with E-state index in [0.717, 1.165) is 6.92 Å². The molecule has 9 amide bonds. The molecule has 23 nitrogen and oxygen atoms in total.